The zero-order valence-electron chi connectivity index (χ0n) is 18.2. The molecule has 0 aromatic heterocycles. The van der Waals surface area contributed by atoms with Crippen LogP contribution in [0.25, 0.3) is 0 Å². The number of ether oxygens (including phenoxy) is 1. The Kier molecular flexibility index (Phi) is 9.33. The molecular weight excluding hydrogens is 395 g/mol. The highest BCUT2D eigenvalue weighted by Gasteiger charge is 2.35. The minimum Gasteiger partial charge on any atom is -0.480 e. The van der Waals surface area contributed by atoms with Crippen LogP contribution in [0.3, 0.4) is 0 Å². The molecule has 164 valence electrons. The number of benzene rings is 1. The molecule has 9 heteroatoms. The molecule has 0 saturated carbocycles. The summed E-state index contributed by atoms with van der Waals surface area (Å²) in [6, 6.07) is 3.53. The second-order valence-corrected chi connectivity index (χ2v) is 9.31. The van der Waals surface area contributed by atoms with Crippen LogP contribution in [0.4, 0.5) is 0 Å². The number of carbonyl (C=O) groups is 2. The van der Waals surface area contributed by atoms with Crippen molar-refractivity contribution in [2.45, 2.75) is 72.4 Å². The van der Waals surface area contributed by atoms with Gasteiger partial charge in [0, 0.05) is 0 Å². The Hall–Kier alpha value is -1.89. The number of carboxylic acids is 1. The Labute approximate surface area is 172 Å². The summed E-state index contributed by atoms with van der Waals surface area (Å²) in [5.74, 6) is -1.22. The van der Waals surface area contributed by atoms with E-state index in [9.17, 15) is 19.3 Å². The molecule has 0 aliphatic carbocycles. The average molecular weight is 428 g/mol. The van der Waals surface area contributed by atoms with E-state index < -0.39 is 31.7 Å². The maximum Gasteiger partial charge on any atom is 0.391 e. The first-order valence-corrected chi connectivity index (χ1v) is 11.4. The molecule has 1 unspecified atom stereocenters. The molecule has 1 aromatic rings. The molecule has 0 spiro atoms. The summed E-state index contributed by atoms with van der Waals surface area (Å²) in [5.41, 5.74) is 1.68. The van der Waals surface area contributed by atoms with Crippen LogP contribution >= 0.6 is 7.67 Å². The van der Waals surface area contributed by atoms with Crippen LogP contribution in [-0.2, 0) is 18.9 Å². The van der Waals surface area contributed by atoms with Crippen molar-refractivity contribution in [2.75, 3.05) is 6.61 Å². The minimum atomic E-state index is -4.00. The van der Waals surface area contributed by atoms with Crippen molar-refractivity contribution in [2.24, 2.45) is 0 Å². The van der Waals surface area contributed by atoms with Gasteiger partial charge < -0.3 is 14.4 Å². The highest BCUT2D eigenvalue weighted by molar-refractivity contribution is 7.55. The fraction of sp³-hybridized carbons (Fsp3) is 0.600. The SMILES string of the molecule is CCOC(=O)[C@H](C)NP(=O)(N[C@@H](C)C(=O)O)Oc1c(C(C)C)cccc1C(C)C. The number of hydrogen-bond acceptors (Lipinski definition) is 5. The lowest BCUT2D eigenvalue weighted by Gasteiger charge is -2.28. The van der Waals surface area contributed by atoms with Gasteiger partial charge in [0.1, 0.15) is 17.8 Å². The van der Waals surface area contributed by atoms with E-state index in [0.717, 1.165) is 11.1 Å². The molecule has 0 bridgehead atoms. The Balaban J connectivity index is 3.40. The Morgan fingerprint density at radius 3 is 1.90 bits per heavy atom. The standard InChI is InChI=1S/C20H33N2O6P/c1-8-27-20(25)15(7)22-29(26,21-14(6)19(23)24)28-18-16(12(2)3)10-9-11-17(18)13(4)5/h9-15H,8H2,1-7H3,(H,23,24)(H2,21,22,26)/t14-,15-,29?/m0/s1. The molecular formula is C20H33N2O6P. The van der Waals surface area contributed by atoms with Gasteiger partial charge in [-0.15, -0.1) is 0 Å². The van der Waals surface area contributed by atoms with E-state index in [1.165, 1.54) is 13.8 Å². The van der Waals surface area contributed by atoms with Gasteiger partial charge in [0.25, 0.3) is 0 Å². The monoisotopic (exact) mass is 428 g/mol. The number of carboxylic acid groups (broad SMARTS) is 1. The molecule has 1 aromatic carbocycles. The number of hydrogen-bond donors (Lipinski definition) is 3. The lowest BCUT2D eigenvalue weighted by Crippen LogP contribution is -2.42. The molecule has 3 atom stereocenters. The van der Waals surface area contributed by atoms with Gasteiger partial charge in [-0.05, 0) is 43.7 Å². The summed E-state index contributed by atoms with van der Waals surface area (Å²) in [4.78, 5) is 23.4. The molecule has 0 aliphatic heterocycles. The van der Waals surface area contributed by atoms with Gasteiger partial charge in [-0.25, -0.2) is 14.7 Å². The van der Waals surface area contributed by atoms with E-state index in [2.05, 4.69) is 10.2 Å². The maximum absolute atomic E-state index is 13.7. The minimum absolute atomic E-state index is 0.0801. The summed E-state index contributed by atoms with van der Waals surface area (Å²) >= 11 is 0. The second kappa shape index (κ2) is 10.8. The van der Waals surface area contributed by atoms with E-state index in [1.807, 2.05) is 45.9 Å². The van der Waals surface area contributed by atoms with Crippen LogP contribution in [-0.4, -0.2) is 35.7 Å². The Morgan fingerprint density at radius 2 is 1.48 bits per heavy atom. The van der Waals surface area contributed by atoms with Crippen LogP contribution in [0.15, 0.2) is 18.2 Å². The highest BCUT2D eigenvalue weighted by atomic mass is 31.2. The number of carbonyl (C=O) groups excluding carboxylic acids is 1. The predicted molar refractivity (Wildman–Crippen MR) is 112 cm³/mol. The first-order valence-electron chi connectivity index (χ1n) is 9.79. The number of para-hydroxylation sites is 1. The summed E-state index contributed by atoms with van der Waals surface area (Å²) < 4.78 is 24.6. The largest absolute Gasteiger partial charge is 0.480 e. The van der Waals surface area contributed by atoms with Gasteiger partial charge in [-0.1, -0.05) is 45.9 Å². The molecule has 0 radical (unpaired) electrons. The van der Waals surface area contributed by atoms with E-state index in [-0.39, 0.29) is 18.4 Å². The number of nitrogens with one attached hydrogen (secondary N) is 2. The van der Waals surface area contributed by atoms with E-state index in [0.29, 0.717) is 5.75 Å². The quantitative estimate of drug-likeness (QED) is 0.358. The molecule has 29 heavy (non-hydrogen) atoms. The van der Waals surface area contributed by atoms with E-state index in [4.69, 9.17) is 9.26 Å². The summed E-state index contributed by atoms with van der Waals surface area (Å²) in [5, 5.41) is 14.4. The van der Waals surface area contributed by atoms with Crippen LogP contribution in [0, 0.1) is 0 Å². The normalized spacial score (nSPS) is 15.6. The van der Waals surface area contributed by atoms with Crippen molar-refractivity contribution < 1.29 is 28.5 Å². The Morgan fingerprint density at radius 1 is 1.00 bits per heavy atom. The molecule has 0 heterocycles. The van der Waals surface area contributed by atoms with Gasteiger partial charge >= 0.3 is 19.6 Å². The predicted octanol–water partition coefficient (Wildman–Crippen LogP) is 4.02. The van der Waals surface area contributed by atoms with Crippen LogP contribution in [0.5, 0.6) is 5.75 Å². The fourth-order valence-electron chi connectivity index (χ4n) is 2.69. The van der Waals surface area contributed by atoms with Crippen molar-refractivity contribution in [3.05, 3.63) is 29.3 Å². The van der Waals surface area contributed by atoms with Gasteiger partial charge in [0.15, 0.2) is 0 Å². The molecule has 0 fully saturated rings. The van der Waals surface area contributed by atoms with Gasteiger partial charge in [0.2, 0.25) is 0 Å². The molecule has 8 nitrogen and oxygen atoms in total. The molecule has 1 rings (SSSR count). The fourth-order valence-corrected chi connectivity index (χ4v) is 4.58. The summed E-state index contributed by atoms with van der Waals surface area (Å²) in [6.07, 6.45) is 0. The van der Waals surface area contributed by atoms with Gasteiger partial charge in [-0.2, -0.15) is 0 Å². The zero-order valence-corrected chi connectivity index (χ0v) is 19.1. The third-order valence-electron chi connectivity index (χ3n) is 4.28. The molecule has 0 amide bonds. The molecule has 3 N–H and O–H groups in total. The van der Waals surface area contributed by atoms with Crippen LogP contribution in [0.2, 0.25) is 0 Å². The van der Waals surface area contributed by atoms with Gasteiger partial charge in [-0.3, -0.25) is 9.59 Å². The van der Waals surface area contributed by atoms with Crippen LogP contribution < -0.4 is 14.7 Å². The summed E-state index contributed by atoms with van der Waals surface area (Å²) in [6.45, 7) is 12.6. The van der Waals surface area contributed by atoms with E-state index >= 15 is 0 Å². The van der Waals surface area contributed by atoms with Crippen molar-refractivity contribution >= 4 is 19.6 Å². The zero-order chi connectivity index (χ0) is 22.4. The summed E-state index contributed by atoms with van der Waals surface area (Å²) in [7, 11) is -4.00. The topological polar surface area (TPSA) is 114 Å². The first-order chi connectivity index (χ1) is 13.4. The lowest BCUT2D eigenvalue weighted by molar-refractivity contribution is -0.144. The number of aliphatic carboxylic acids is 1. The third-order valence-corrected chi connectivity index (χ3v) is 6.17. The third kappa shape index (κ3) is 7.14. The highest BCUT2D eigenvalue weighted by Crippen LogP contribution is 2.46. The average Bonchev–Trinajstić information content (AvgIpc) is 2.61. The van der Waals surface area contributed by atoms with Crippen LogP contribution in [0.1, 0.15) is 71.4 Å². The van der Waals surface area contributed by atoms with Crippen molar-refractivity contribution in [3.8, 4) is 5.75 Å². The number of rotatable bonds is 11. The van der Waals surface area contributed by atoms with E-state index in [1.54, 1.807) is 6.92 Å². The lowest BCUT2D eigenvalue weighted by atomic mass is 9.94. The smallest absolute Gasteiger partial charge is 0.391 e. The molecule has 0 saturated heterocycles. The van der Waals surface area contributed by atoms with Crippen molar-refractivity contribution in [1.82, 2.24) is 10.2 Å². The second-order valence-electron chi connectivity index (χ2n) is 7.51. The maximum atomic E-state index is 13.7. The number of esters is 1. The van der Waals surface area contributed by atoms with Crippen molar-refractivity contribution in [1.29, 1.82) is 0 Å². The Bertz CT molecular complexity index is 739. The van der Waals surface area contributed by atoms with Crippen molar-refractivity contribution in [3.63, 3.8) is 0 Å². The van der Waals surface area contributed by atoms with Gasteiger partial charge in [0.05, 0.1) is 6.61 Å². The first kappa shape index (κ1) is 25.1. The molecule has 0 aliphatic rings.